The van der Waals surface area contributed by atoms with Crippen LogP contribution in [0.1, 0.15) is 0 Å². The second-order valence-electron chi connectivity index (χ2n) is 5.51. The van der Waals surface area contributed by atoms with E-state index in [9.17, 15) is 65.5 Å². The average Bonchev–Trinajstić information content (AvgIpc) is 2.44. The number of halogens is 13. The molecule has 0 bridgehead atoms. The number of nitrogens with one attached hydrogen (secondary N) is 1. The molecule has 0 aliphatic carbocycles. The molecule has 0 unspecified atom stereocenters. The number of hydrogen-bond donors (Lipinski definition) is 1. The predicted molar refractivity (Wildman–Crippen MR) is 66.3 cm³/mol. The molecule has 0 saturated heterocycles. The lowest BCUT2D eigenvalue weighted by Gasteiger charge is -2.39. The van der Waals surface area contributed by atoms with E-state index in [1.807, 2.05) is 0 Å². The second kappa shape index (κ2) is 7.33. The van der Waals surface area contributed by atoms with E-state index >= 15 is 0 Å². The van der Waals surface area contributed by atoms with Crippen molar-refractivity contribution in [1.82, 2.24) is 9.62 Å². The Morgan fingerprint density at radius 1 is 0.679 bits per heavy atom. The van der Waals surface area contributed by atoms with Gasteiger partial charge in [0, 0.05) is 13.1 Å². The fourth-order valence-electron chi connectivity index (χ4n) is 1.42. The smallest absolute Gasteiger partial charge is 0.308 e. The Kier molecular flexibility index (Phi) is 7.06. The Bertz CT molecular complexity index is 657. The molecule has 18 heteroatoms. The first-order chi connectivity index (χ1) is 11.9. The van der Waals surface area contributed by atoms with E-state index in [2.05, 4.69) is 0 Å². The van der Waals surface area contributed by atoms with Crippen molar-refractivity contribution >= 4 is 10.0 Å². The van der Waals surface area contributed by atoms with Crippen LogP contribution in [0.25, 0.3) is 0 Å². The highest BCUT2D eigenvalue weighted by Gasteiger charge is 2.92. The molecule has 170 valence electrons. The van der Waals surface area contributed by atoms with Gasteiger partial charge in [0.05, 0.1) is 0 Å². The molecule has 0 rings (SSSR count). The Hall–Kier alpha value is -1.04. The van der Waals surface area contributed by atoms with E-state index in [1.165, 1.54) is 14.1 Å². The van der Waals surface area contributed by atoms with E-state index in [0.29, 0.717) is 4.72 Å². The fraction of sp³-hybridized carbons (Fsp3) is 1.00. The van der Waals surface area contributed by atoms with Crippen LogP contribution in [0.5, 0.6) is 0 Å². The summed E-state index contributed by atoms with van der Waals surface area (Å²) < 4.78 is 190. The summed E-state index contributed by atoms with van der Waals surface area (Å²) in [6, 6.07) is 0. The molecule has 0 fully saturated rings. The Morgan fingerprint density at radius 2 is 1.04 bits per heavy atom. The fourth-order valence-corrected chi connectivity index (χ4v) is 2.43. The zero-order valence-electron chi connectivity index (χ0n) is 13.5. The zero-order chi connectivity index (χ0) is 23.2. The van der Waals surface area contributed by atoms with Gasteiger partial charge in [-0.3, -0.25) is 0 Å². The monoisotopic (exact) mass is 470 g/mol. The van der Waals surface area contributed by atoms with Crippen molar-refractivity contribution in [3.8, 4) is 0 Å². The minimum atomic E-state index is -8.15. The van der Waals surface area contributed by atoms with Crippen molar-refractivity contribution in [2.24, 2.45) is 0 Å². The standard InChI is InChI=1S/C10H11F13N2O2S/c1-25(2)4-3-24-28(26,27)10(22,23)8(17,18)6(13,14)5(11,12)7(15,16)9(19,20)21/h24H,3-4H2,1-2H3. The molecular formula is C10H11F13N2O2S. The topological polar surface area (TPSA) is 49.4 Å². The Balaban J connectivity index is 6.25. The highest BCUT2D eigenvalue weighted by molar-refractivity contribution is 7.90. The van der Waals surface area contributed by atoms with Gasteiger partial charge < -0.3 is 4.90 Å². The molecule has 0 aliphatic rings. The van der Waals surface area contributed by atoms with Gasteiger partial charge in [0.15, 0.2) is 0 Å². The predicted octanol–water partition coefficient (Wildman–Crippen LogP) is 3.16. The van der Waals surface area contributed by atoms with Crippen LogP contribution in [-0.4, -0.2) is 75.6 Å². The van der Waals surface area contributed by atoms with Crippen LogP contribution < -0.4 is 4.72 Å². The normalized spacial score (nSPS) is 16.0. The van der Waals surface area contributed by atoms with Crippen LogP contribution in [0.3, 0.4) is 0 Å². The summed E-state index contributed by atoms with van der Waals surface area (Å²) in [5.74, 6) is -32.1. The van der Waals surface area contributed by atoms with Crippen LogP contribution in [0, 0.1) is 0 Å². The molecule has 0 spiro atoms. The lowest BCUT2D eigenvalue weighted by atomic mass is 9.98. The molecule has 0 radical (unpaired) electrons. The van der Waals surface area contributed by atoms with Crippen molar-refractivity contribution in [3.05, 3.63) is 0 Å². The molecule has 0 amide bonds. The van der Waals surface area contributed by atoms with Gasteiger partial charge in [-0.1, -0.05) is 0 Å². The molecule has 0 atom stereocenters. The van der Waals surface area contributed by atoms with Crippen LogP contribution >= 0.6 is 0 Å². The molecule has 0 aromatic rings. The van der Waals surface area contributed by atoms with Gasteiger partial charge in [-0.2, -0.15) is 57.1 Å². The third kappa shape index (κ3) is 3.99. The van der Waals surface area contributed by atoms with Gasteiger partial charge in [0.2, 0.25) is 0 Å². The number of alkyl halides is 13. The summed E-state index contributed by atoms with van der Waals surface area (Å²) in [6.45, 7) is -1.65. The minimum absolute atomic E-state index is 0.500. The second-order valence-corrected chi connectivity index (χ2v) is 7.32. The lowest BCUT2D eigenvalue weighted by molar-refractivity contribution is -0.433. The average molecular weight is 470 g/mol. The molecule has 0 aromatic heterocycles. The molecular weight excluding hydrogens is 459 g/mol. The lowest BCUT2D eigenvalue weighted by Crippen LogP contribution is -2.71. The highest BCUT2D eigenvalue weighted by Crippen LogP contribution is 2.60. The van der Waals surface area contributed by atoms with Crippen LogP contribution in [0.2, 0.25) is 0 Å². The highest BCUT2D eigenvalue weighted by atomic mass is 32.2. The quantitative estimate of drug-likeness (QED) is 0.527. The molecule has 0 aliphatic heterocycles. The van der Waals surface area contributed by atoms with E-state index in [0.717, 1.165) is 4.90 Å². The number of rotatable bonds is 9. The van der Waals surface area contributed by atoms with E-state index in [1.54, 1.807) is 0 Å². The van der Waals surface area contributed by atoms with E-state index in [-0.39, 0.29) is 0 Å². The molecule has 1 N–H and O–H groups in total. The van der Waals surface area contributed by atoms with Gasteiger partial charge in [0.1, 0.15) is 0 Å². The van der Waals surface area contributed by atoms with Gasteiger partial charge in [-0.25, -0.2) is 13.1 Å². The van der Waals surface area contributed by atoms with Crippen molar-refractivity contribution in [2.75, 3.05) is 27.2 Å². The summed E-state index contributed by atoms with van der Waals surface area (Å²) in [7, 11) is -4.53. The first kappa shape index (κ1) is 27.0. The van der Waals surface area contributed by atoms with Gasteiger partial charge in [0.25, 0.3) is 10.0 Å². The largest absolute Gasteiger partial charge is 0.460 e. The summed E-state index contributed by atoms with van der Waals surface area (Å²) in [5, 5.41) is -7.21. The first-order valence-corrected chi connectivity index (χ1v) is 8.00. The molecule has 0 aromatic carbocycles. The van der Waals surface area contributed by atoms with E-state index in [4.69, 9.17) is 0 Å². The van der Waals surface area contributed by atoms with Crippen LogP contribution in [0.15, 0.2) is 0 Å². The van der Waals surface area contributed by atoms with Crippen LogP contribution in [-0.2, 0) is 10.0 Å². The van der Waals surface area contributed by atoms with Crippen molar-refractivity contribution in [1.29, 1.82) is 0 Å². The third-order valence-corrected chi connectivity index (χ3v) is 4.61. The maximum Gasteiger partial charge on any atom is 0.460 e. The maximum atomic E-state index is 13.5. The molecule has 4 nitrogen and oxygen atoms in total. The SMILES string of the molecule is CN(C)CCNS(=O)(=O)C(F)(F)C(F)(F)C(F)(F)C(F)(F)C(F)(F)C(F)(F)F. The Morgan fingerprint density at radius 3 is 1.36 bits per heavy atom. The first-order valence-electron chi connectivity index (χ1n) is 6.51. The molecule has 28 heavy (non-hydrogen) atoms. The molecule has 0 saturated carbocycles. The Labute approximate surface area is 148 Å². The van der Waals surface area contributed by atoms with Gasteiger partial charge in [-0.15, -0.1) is 0 Å². The minimum Gasteiger partial charge on any atom is -0.308 e. The summed E-state index contributed by atoms with van der Waals surface area (Å²) >= 11 is 0. The van der Waals surface area contributed by atoms with Crippen molar-refractivity contribution < 1.29 is 65.5 Å². The third-order valence-electron chi connectivity index (χ3n) is 3.09. The summed E-state index contributed by atoms with van der Waals surface area (Å²) in [6.07, 6.45) is -7.56. The number of sulfonamides is 1. The number of hydrogen-bond acceptors (Lipinski definition) is 3. The molecule has 0 heterocycles. The van der Waals surface area contributed by atoms with E-state index < -0.39 is 58.2 Å². The maximum absolute atomic E-state index is 13.5. The van der Waals surface area contributed by atoms with Gasteiger partial charge >= 0.3 is 35.1 Å². The summed E-state index contributed by atoms with van der Waals surface area (Å²) in [5.41, 5.74) is 0. The van der Waals surface area contributed by atoms with Gasteiger partial charge in [-0.05, 0) is 14.1 Å². The van der Waals surface area contributed by atoms with Crippen molar-refractivity contribution in [3.63, 3.8) is 0 Å². The van der Waals surface area contributed by atoms with Crippen molar-refractivity contribution in [2.45, 2.75) is 35.1 Å². The zero-order valence-corrected chi connectivity index (χ0v) is 14.3. The number of likely N-dealkylation sites (N-methyl/N-ethyl adjacent to an activating group) is 1. The van der Waals surface area contributed by atoms with Crippen LogP contribution in [0.4, 0.5) is 57.1 Å². The summed E-state index contributed by atoms with van der Waals surface area (Å²) in [4.78, 5) is 1.06. The number of nitrogens with zero attached hydrogens (tertiary/aromatic N) is 1.